The molecule has 0 atom stereocenters. The summed E-state index contributed by atoms with van der Waals surface area (Å²) < 4.78 is 43.7. The predicted octanol–water partition coefficient (Wildman–Crippen LogP) is 3.68. The quantitative estimate of drug-likeness (QED) is 0.878. The zero-order valence-electron chi connectivity index (χ0n) is 11.2. The summed E-state index contributed by atoms with van der Waals surface area (Å²) in [5.74, 6) is 0.0929. The van der Waals surface area contributed by atoms with Gasteiger partial charge >= 0.3 is 6.18 Å². The molecule has 1 aromatic carbocycles. The molecule has 8 heteroatoms. The first-order valence-electron chi connectivity index (χ1n) is 6.26. The number of rotatable bonds is 5. The summed E-state index contributed by atoms with van der Waals surface area (Å²) in [6, 6.07) is 6.66. The number of furan rings is 1. The summed E-state index contributed by atoms with van der Waals surface area (Å²) in [6.07, 6.45) is -3.10. The normalized spacial score (nSPS) is 11.3. The van der Waals surface area contributed by atoms with Gasteiger partial charge in [-0.3, -0.25) is 4.79 Å². The standard InChI is InChI=1S/C14H12ClF3N2O2/c15-9-3-4-12(11(6-9)14(16,17)18)19-8-13(21)20-7-10-2-1-5-22-10/h1-6,19H,7-8H2,(H,20,21). The minimum Gasteiger partial charge on any atom is -0.467 e. The van der Waals surface area contributed by atoms with E-state index in [4.69, 9.17) is 16.0 Å². The van der Waals surface area contributed by atoms with Crippen LogP contribution < -0.4 is 10.6 Å². The highest BCUT2D eigenvalue weighted by atomic mass is 35.5. The molecular formula is C14H12ClF3N2O2. The summed E-state index contributed by atoms with van der Waals surface area (Å²) >= 11 is 5.57. The molecule has 0 spiro atoms. The van der Waals surface area contributed by atoms with E-state index in [1.54, 1.807) is 12.1 Å². The number of amides is 1. The molecular weight excluding hydrogens is 321 g/mol. The fourth-order valence-electron chi connectivity index (χ4n) is 1.74. The Bertz CT molecular complexity index is 642. The van der Waals surface area contributed by atoms with Gasteiger partial charge in [0.15, 0.2) is 0 Å². The molecule has 0 unspecified atom stereocenters. The van der Waals surface area contributed by atoms with E-state index in [1.165, 1.54) is 18.4 Å². The van der Waals surface area contributed by atoms with Gasteiger partial charge in [0, 0.05) is 10.7 Å². The molecule has 1 aromatic heterocycles. The Hall–Kier alpha value is -2.15. The molecule has 0 aliphatic heterocycles. The van der Waals surface area contributed by atoms with E-state index in [1.807, 2.05) is 0 Å². The molecule has 0 radical (unpaired) electrons. The van der Waals surface area contributed by atoms with E-state index in [0.29, 0.717) is 5.76 Å². The molecule has 0 bridgehead atoms. The van der Waals surface area contributed by atoms with E-state index >= 15 is 0 Å². The third-order valence-electron chi connectivity index (χ3n) is 2.77. The summed E-state index contributed by atoms with van der Waals surface area (Å²) in [6.45, 7) is -0.133. The number of nitrogens with one attached hydrogen (secondary N) is 2. The van der Waals surface area contributed by atoms with Crippen molar-refractivity contribution in [2.75, 3.05) is 11.9 Å². The van der Waals surface area contributed by atoms with Gasteiger partial charge in [-0.15, -0.1) is 0 Å². The Kier molecular flexibility index (Phi) is 4.97. The van der Waals surface area contributed by atoms with Crippen molar-refractivity contribution in [2.24, 2.45) is 0 Å². The second-order valence-corrected chi connectivity index (χ2v) is 4.83. The van der Waals surface area contributed by atoms with Gasteiger partial charge in [0.1, 0.15) is 5.76 Å². The van der Waals surface area contributed by atoms with Crippen LogP contribution in [0.5, 0.6) is 0 Å². The van der Waals surface area contributed by atoms with Crippen molar-refractivity contribution >= 4 is 23.2 Å². The minimum atomic E-state index is -4.56. The van der Waals surface area contributed by atoms with Gasteiger partial charge in [-0.25, -0.2) is 0 Å². The topological polar surface area (TPSA) is 54.3 Å². The lowest BCUT2D eigenvalue weighted by Crippen LogP contribution is -2.29. The maximum absolute atomic E-state index is 12.9. The van der Waals surface area contributed by atoms with Gasteiger partial charge in [-0.2, -0.15) is 13.2 Å². The monoisotopic (exact) mass is 332 g/mol. The molecule has 0 aliphatic carbocycles. The van der Waals surface area contributed by atoms with Crippen LogP contribution in [0.2, 0.25) is 5.02 Å². The van der Waals surface area contributed by atoms with Crippen LogP contribution in [0.25, 0.3) is 0 Å². The zero-order chi connectivity index (χ0) is 16.2. The number of alkyl halides is 3. The summed E-state index contributed by atoms with van der Waals surface area (Å²) in [5, 5.41) is 4.95. The van der Waals surface area contributed by atoms with E-state index in [2.05, 4.69) is 10.6 Å². The van der Waals surface area contributed by atoms with E-state index in [0.717, 1.165) is 6.07 Å². The minimum absolute atomic E-state index is 0.0276. The average molecular weight is 333 g/mol. The van der Waals surface area contributed by atoms with Crippen molar-refractivity contribution in [3.8, 4) is 0 Å². The SMILES string of the molecule is O=C(CNc1ccc(Cl)cc1C(F)(F)F)NCc1ccco1. The largest absolute Gasteiger partial charge is 0.467 e. The highest BCUT2D eigenvalue weighted by Gasteiger charge is 2.33. The molecule has 1 heterocycles. The van der Waals surface area contributed by atoms with Crippen molar-refractivity contribution in [3.05, 3.63) is 52.9 Å². The van der Waals surface area contributed by atoms with Crippen molar-refractivity contribution in [3.63, 3.8) is 0 Å². The summed E-state index contributed by atoms with van der Waals surface area (Å²) in [5.41, 5.74) is -1.12. The second-order valence-electron chi connectivity index (χ2n) is 4.40. The second kappa shape index (κ2) is 6.74. The average Bonchev–Trinajstić information content (AvgIpc) is 2.96. The van der Waals surface area contributed by atoms with Crippen LogP contribution in [0.15, 0.2) is 41.0 Å². The van der Waals surface area contributed by atoms with Crippen LogP contribution in [0.1, 0.15) is 11.3 Å². The summed E-state index contributed by atoms with van der Waals surface area (Å²) in [4.78, 5) is 11.6. The van der Waals surface area contributed by atoms with Crippen molar-refractivity contribution < 1.29 is 22.4 Å². The molecule has 0 aliphatic rings. The Labute approximate surface area is 129 Å². The van der Waals surface area contributed by atoms with Crippen LogP contribution in [-0.2, 0) is 17.5 Å². The number of carbonyl (C=O) groups excluding carboxylic acids is 1. The molecule has 2 N–H and O–H groups in total. The van der Waals surface area contributed by atoms with Gasteiger partial charge in [0.25, 0.3) is 0 Å². The fraction of sp³-hybridized carbons (Fsp3) is 0.214. The predicted molar refractivity (Wildman–Crippen MR) is 75.5 cm³/mol. The van der Waals surface area contributed by atoms with E-state index in [-0.39, 0.29) is 23.8 Å². The number of hydrogen-bond acceptors (Lipinski definition) is 3. The Morgan fingerprint density at radius 2 is 2.05 bits per heavy atom. The Morgan fingerprint density at radius 1 is 1.27 bits per heavy atom. The number of hydrogen-bond donors (Lipinski definition) is 2. The molecule has 1 amide bonds. The highest BCUT2D eigenvalue weighted by molar-refractivity contribution is 6.30. The molecule has 4 nitrogen and oxygen atoms in total. The molecule has 0 saturated carbocycles. The van der Waals surface area contributed by atoms with Crippen LogP contribution in [-0.4, -0.2) is 12.5 Å². The lowest BCUT2D eigenvalue weighted by Gasteiger charge is -2.14. The van der Waals surface area contributed by atoms with Gasteiger partial charge < -0.3 is 15.1 Å². The molecule has 0 saturated heterocycles. The van der Waals surface area contributed by atoms with Crippen molar-refractivity contribution in [1.29, 1.82) is 0 Å². The molecule has 2 aromatic rings. The summed E-state index contributed by atoms with van der Waals surface area (Å²) in [7, 11) is 0. The third-order valence-corrected chi connectivity index (χ3v) is 3.00. The first kappa shape index (κ1) is 16.2. The smallest absolute Gasteiger partial charge is 0.418 e. The number of halogens is 4. The van der Waals surface area contributed by atoms with Crippen molar-refractivity contribution in [2.45, 2.75) is 12.7 Å². The highest BCUT2D eigenvalue weighted by Crippen LogP contribution is 2.36. The van der Waals surface area contributed by atoms with E-state index < -0.39 is 17.6 Å². The zero-order valence-corrected chi connectivity index (χ0v) is 12.0. The Balaban J connectivity index is 1.95. The van der Waals surface area contributed by atoms with Gasteiger partial charge in [0.2, 0.25) is 5.91 Å². The van der Waals surface area contributed by atoms with Gasteiger partial charge in [-0.05, 0) is 30.3 Å². The van der Waals surface area contributed by atoms with Crippen LogP contribution in [0.4, 0.5) is 18.9 Å². The van der Waals surface area contributed by atoms with Gasteiger partial charge in [-0.1, -0.05) is 11.6 Å². The van der Waals surface area contributed by atoms with Crippen LogP contribution in [0, 0.1) is 0 Å². The number of benzene rings is 1. The first-order valence-corrected chi connectivity index (χ1v) is 6.64. The lowest BCUT2D eigenvalue weighted by atomic mass is 10.1. The van der Waals surface area contributed by atoms with Crippen LogP contribution >= 0.6 is 11.6 Å². The first-order chi connectivity index (χ1) is 10.4. The fourth-order valence-corrected chi connectivity index (χ4v) is 1.91. The van der Waals surface area contributed by atoms with Gasteiger partial charge in [0.05, 0.1) is 24.9 Å². The van der Waals surface area contributed by atoms with Crippen molar-refractivity contribution in [1.82, 2.24) is 5.32 Å². The molecule has 2 rings (SSSR count). The number of carbonyl (C=O) groups is 1. The lowest BCUT2D eigenvalue weighted by molar-refractivity contribution is -0.137. The number of anilines is 1. The van der Waals surface area contributed by atoms with E-state index in [9.17, 15) is 18.0 Å². The molecule has 0 fully saturated rings. The third kappa shape index (κ3) is 4.42. The molecule has 22 heavy (non-hydrogen) atoms. The Morgan fingerprint density at radius 3 is 2.68 bits per heavy atom. The molecule has 118 valence electrons. The maximum Gasteiger partial charge on any atom is 0.418 e. The van der Waals surface area contributed by atoms with Crippen LogP contribution in [0.3, 0.4) is 0 Å². The maximum atomic E-state index is 12.9.